The largest absolute Gasteiger partial charge is 0.394 e. The van der Waals surface area contributed by atoms with Gasteiger partial charge in [-0.15, -0.1) is 0 Å². The first kappa shape index (κ1) is 35.4. The van der Waals surface area contributed by atoms with Crippen LogP contribution in [-0.4, -0.2) is 34.9 Å². The standard InChI is InChI=1S/C32H65NO3/c1-3-5-7-8-9-10-11-12-13-14-15-16-17-18-19-20-21-22-23-24-26-27-31(35)30(29-34)33-32(36)28-25-6-4-2/h30-31,34-35H,3-29H2,1-2H3,(H,33,36). The van der Waals surface area contributed by atoms with Crippen molar-refractivity contribution in [2.75, 3.05) is 6.61 Å². The maximum Gasteiger partial charge on any atom is 0.220 e. The third-order valence-electron chi connectivity index (χ3n) is 7.62. The van der Waals surface area contributed by atoms with Gasteiger partial charge in [0.25, 0.3) is 0 Å². The van der Waals surface area contributed by atoms with Crippen LogP contribution in [0.15, 0.2) is 0 Å². The highest BCUT2D eigenvalue weighted by Gasteiger charge is 2.19. The molecule has 2 unspecified atom stereocenters. The topological polar surface area (TPSA) is 69.6 Å². The lowest BCUT2D eigenvalue weighted by atomic mass is 10.0. The fourth-order valence-corrected chi connectivity index (χ4v) is 5.06. The van der Waals surface area contributed by atoms with Crippen molar-refractivity contribution in [2.45, 2.75) is 193 Å². The fraction of sp³-hybridized carbons (Fsp3) is 0.969. The van der Waals surface area contributed by atoms with Crippen LogP contribution in [-0.2, 0) is 4.79 Å². The van der Waals surface area contributed by atoms with Gasteiger partial charge in [0.15, 0.2) is 0 Å². The smallest absolute Gasteiger partial charge is 0.220 e. The first-order chi connectivity index (χ1) is 17.7. The zero-order chi connectivity index (χ0) is 26.5. The summed E-state index contributed by atoms with van der Waals surface area (Å²) in [6.45, 7) is 4.20. The Labute approximate surface area is 225 Å². The zero-order valence-corrected chi connectivity index (χ0v) is 24.5. The fourth-order valence-electron chi connectivity index (χ4n) is 5.06. The minimum absolute atomic E-state index is 0.0552. The average molecular weight is 512 g/mol. The molecule has 2 atom stereocenters. The van der Waals surface area contributed by atoms with Gasteiger partial charge in [-0.25, -0.2) is 0 Å². The molecule has 0 aliphatic heterocycles. The number of amides is 1. The zero-order valence-electron chi connectivity index (χ0n) is 24.5. The Morgan fingerprint density at radius 1 is 0.556 bits per heavy atom. The van der Waals surface area contributed by atoms with Crippen molar-refractivity contribution in [1.29, 1.82) is 0 Å². The molecule has 3 N–H and O–H groups in total. The number of rotatable bonds is 29. The molecule has 0 saturated carbocycles. The Morgan fingerprint density at radius 3 is 1.25 bits per heavy atom. The molecule has 0 saturated heterocycles. The number of carbonyl (C=O) groups excluding carboxylic acids is 1. The van der Waals surface area contributed by atoms with Crippen LogP contribution in [0.3, 0.4) is 0 Å². The van der Waals surface area contributed by atoms with E-state index in [1.54, 1.807) is 0 Å². The van der Waals surface area contributed by atoms with Gasteiger partial charge in [0.1, 0.15) is 0 Å². The van der Waals surface area contributed by atoms with Gasteiger partial charge in [0.2, 0.25) is 5.91 Å². The van der Waals surface area contributed by atoms with Crippen molar-refractivity contribution in [3.63, 3.8) is 0 Å². The summed E-state index contributed by atoms with van der Waals surface area (Å²) in [5.74, 6) is -0.0552. The maximum absolute atomic E-state index is 11.9. The lowest BCUT2D eigenvalue weighted by Gasteiger charge is -2.22. The van der Waals surface area contributed by atoms with Gasteiger partial charge in [-0.2, -0.15) is 0 Å². The van der Waals surface area contributed by atoms with E-state index < -0.39 is 12.1 Å². The number of hydrogen-bond acceptors (Lipinski definition) is 3. The summed E-state index contributed by atoms with van der Waals surface area (Å²) in [4.78, 5) is 11.9. The highest BCUT2D eigenvalue weighted by molar-refractivity contribution is 5.76. The monoisotopic (exact) mass is 511 g/mol. The van der Waals surface area contributed by atoms with E-state index in [-0.39, 0.29) is 12.5 Å². The molecular weight excluding hydrogens is 446 g/mol. The van der Waals surface area contributed by atoms with Crippen molar-refractivity contribution in [2.24, 2.45) is 0 Å². The average Bonchev–Trinajstić information content (AvgIpc) is 2.88. The molecule has 0 rings (SSSR count). The van der Waals surface area contributed by atoms with E-state index in [4.69, 9.17) is 0 Å². The minimum atomic E-state index is -0.648. The number of carbonyl (C=O) groups is 1. The van der Waals surface area contributed by atoms with E-state index in [0.717, 1.165) is 32.1 Å². The van der Waals surface area contributed by atoms with Crippen molar-refractivity contribution in [3.05, 3.63) is 0 Å². The third kappa shape index (κ3) is 25.1. The van der Waals surface area contributed by atoms with Crippen molar-refractivity contribution >= 4 is 5.91 Å². The molecule has 0 radical (unpaired) electrons. The third-order valence-corrected chi connectivity index (χ3v) is 7.62. The molecule has 0 aromatic heterocycles. The van der Waals surface area contributed by atoms with Crippen LogP contribution in [0, 0.1) is 0 Å². The molecule has 0 aliphatic carbocycles. The Kier molecular flexibility index (Phi) is 28.5. The van der Waals surface area contributed by atoms with Crippen LogP contribution in [0.2, 0.25) is 0 Å². The molecule has 4 nitrogen and oxygen atoms in total. The summed E-state index contributed by atoms with van der Waals surface area (Å²) in [6, 6.07) is -0.524. The van der Waals surface area contributed by atoms with Gasteiger partial charge in [0.05, 0.1) is 18.8 Å². The summed E-state index contributed by atoms with van der Waals surface area (Å²) in [7, 11) is 0. The van der Waals surface area contributed by atoms with E-state index in [9.17, 15) is 15.0 Å². The molecule has 0 aromatic rings. The first-order valence-electron chi connectivity index (χ1n) is 16.2. The van der Waals surface area contributed by atoms with E-state index in [1.807, 2.05) is 0 Å². The van der Waals surface area contributed by atoms with Gasteiger partial charge < -0.3 is 15.5 Å². The summed E-state index contributed by atoms with van der Waals surface area (Å²) in [5.41, 5.74) is 0. The molecule has 0 aliphatic rings. The van der Waals surface area contributed by atoms with Crippen molar-refractivity contribution in [3.8, 4) is 0 Å². The van der Waals surface area contributed by atoms with Crippen molar-refractivity contribution in [1.82, 2.24) is 5.32 Å². The summed E-state index contributed by atoms with van der Waals surface area (Å²) >= 11 is 0. The predicted octanol–water partition coefficient (Wildman–Crippen LogP) is 9.01. The molecule has 4 heteroatoms. The summed E-state index contributed by atoms with van der Waals surface area (Å²) in [5, 5.41) is 22.6. The Hall–Kier alpha value is -0.610. The van der Waals surface area contributed by atoms with Crippen molar-refractivity contribution < 1.29 is 15.0 Å². The van der Waals surface area contributed by atoms with E-state index >= 15 is 0 Å². The van der Waals surface area contributed by atoms with E-state index in [1.165, 1.54) is 122 Å². The highest BCUT2D eigenvalue weighted by Crippen LogP contribution is 2.16. The number of aliphatic hydroxyl groups excluding tert-OH is 2. The lowest BCUT2D eigenvalue weighted by Crippen LogP contribution is -2.45. The second-order valence-corrected chi connectivity index (χ2v) is 11.2. The van der Waals surface area contributed by atoms with Gasteiger partial charge in [-0.3, -0.25) is 4.79 Å². The van der Waals surface area contributed by atoms with Crippen LogP contribution in [0.4, 0.5) is 0 Å². The summed E-state index contributed by atoms with van der Waals surface area (Å²) in [6.07, 6.45) is 32.2. The van der Waals surface area contributed by atoms with Crippen LogP contribution < -0.4 is 5.32 Å². The molecule has 0 bridgehead atoms. The first-order valence-corrected chi connectivity index (χ1v) is 16.2. The SMILES string of the molecule is CCCCCCCCCCCCCCCCCCCCCCCC(O)C(CO)NC(=O)CCCCC. The Bertz CT molecular complexity index is 443. The molecule has 216 valence electrons. The van der Waals surface area contributed by atoms with Gasteiger partial charge in [0, 0.05) is 6.42 Å². The summed E-state index contributed by atoms with van der Waals surface area (Å²) < 4.78 is 0. The molecule has 0 spiro atoms. The van der Waals surface area contributed by atoms with Gasteiger partial charge in [-0.05, 0) is 12.8 Å². The number of unbranched alkanes of at least 4 members (excludes halogenated alkanes) is 22. The minimum Gasteiger partial charge on any atom is -0.394 e. The van der Waals surface area contributed by atoms with Gasteiger partial charge >= 0.3 is 0 Å². The lowest BCUT2D eigenvalue weighted by molar-refractivity contribution is -0.123. The number of aliphatic hydroxyl groups is 2. The molecular formula is C32H65NO3. The second kappa shape index (κ2) is 29.0. The van der Waals surface area contributed by atoms with E-state index in [0.29, 0.717) is 12.8 Å². The maximum atomic E-state index is 11.9. The Morgan fingerprint density at radius 2 is 0.889 bits per heavy atom. The second-order valence-electron chi connectivity index (χ2n) is 11.2. The van der Waals surface area contributed by atoms with E-state index in [2.05, 4.69) is 19.2 Å². The van der Waals surface area contributed by atoms with Crippen LogP contribution in [0.1, 0.15) is 181 Å². The van der Waals surface area contributed by atoms with Crippen LogP contribution in [0.5, 0.6) is 0 Å². The van der Waals surface area contributed by atoms with Gasteiger partial charge in [-0.1, -0.05) is 162 Å². The molecule has 0 aromatic carbocycles. The highest BCUT2D eigenvalue weighted by atomic mass is 16.3. The molecule has 0 heterocycles. The normalized spacial score (nSPS) is 13.1. The molecule has 1 amide bonds. The number of nitrogens with one attached hydrogen (secondary N) is 1. The van der Waals surface area contributed by atoms with Crippen LogP contribution in [0.25, 0.3) is 0 Å². The Balaban J connectivity index is 3.36. The molecule has 0 fully saturated rings. The molecule has 36 heavy (non-hydrogen) atoms. The van der Waals surface area contributed by atoms with Crippen LogP contribution >= 0.6 is 0 Å². The quantitative estimate of drug-likeness (QED) is 0.0877. The predicted molar refractivity (Wildman–Crippen MR) is 156 cm³/mol. The number of hydrogen-bond donors (Lipinski definition) is 3.